The van der Waals surface area contributed by atoms with Crippen LogP contribution in [0.5, 0.6) is 5.88 Å². The smallest absolute Gasteiger partial charge is 0.253 e. The molecule has 90 valence electrons. The van der Waals surface area contributed by atoms with Gasteiger partial charge in [-0.05, 0) is 0 Å². The van der Waals surface area contributed by atoms with E-state index < -0.39 is 9.58 Å². The summed E-state index contributed by atoms with van der Waals surface area (Å²) in [6.45, 7) is 0. The summed E-state index contributed by atoms with van der Waals surface area (Å²) >= 11 is 16.7. The molecule has 2 aromatic heterocycles. The molecule has 4 nitrogen and oxygen atoms in total. The van der Waals surface area contributed by atoms with E-state index in [9.17, 15) is 4.79 Å². The number of hydrogen-bond donors (Lipinski definition) is 1. The van der Waals surface area contributed by atoms with E-state index in [0.29, 0.717) is 22.3 Å². The van der Waals surface area contributed by atoms with Gasteiger partial charge in [-0.2, -0.15) is 0 Å². The summed E-state index contributed by atoms with van der Waals surface area (Å²) < 4.78 is 3.00. The third-order valence-corrected chi connectivity index (χ3v) is 2.77. The maximum atomic E-state index is 11.9. The summed E-state index contributed by atoms with van der Waals surface area (Å²) in [4.78, 5) is 18.7. The lowest BCUT2D eigenvalue weighted by atomic mass is 10.1. The fourth-order valence-electron chi connectivity index (χ4n) is 1.45. The molecule has 2 heterocycles. The summed E-state index contributed by atoms with van der Waals surface area (Å²) in [6.07, 6.45) is 3.03. The molecule has 0 saturated carbocycles. The first-order valence-corrected chi connectivity index (χ1v) is 5.69. The number of nitrogens with zero attached hydrogens (tertiary/aromatic N) is 1. The first-order valence-electron chi connectivity index (χ1n) is 4.56. The number of H-pyrrole nitrogens is 1. The van der Waals surface area contributed by atoms with E-state index in [2.05, 4.69) is 9.97 Å². The number of nitrogens with one attached hydrogen (secondary N) is 1. The first-order chi connectivity index (χ1) is 7.93. The Labute approximate surface area is 112 Å². The van der Waals surface area contributed by atoms with Crippen LogP contribution in [0.15, 0.2) is 18.5 Å². The highest BCUT2D eigenvalue weighted by Gasteiger charge is 2.33. The zero-order chi connectivity index (χ0) is 12.6. The third-order valence-electron chi connectivity index (χ3n) is 2.25. The molecule has 0 spiro atoms. The van der Waals surface area contributed by atoms with Crippen LogP contribution in [0.2, 0.25) is 0 Å². The zero-order valence-electron chi connectivity index (χ0n) is 8.63. The van der Waals surface area contributed by atoms with Gasteiger partial charge in [0, 0.05) is 23.2 Å². The van der Waals surface area contributed by atoms with Crippen molar-refractivity contribution in [3.8, 4) is 5.88 Å². The number of carbonyl (C=O) groups excluding carboxylic acids is 1. The fourth-order valence-corrected chi connectivity index (χ4v) is 1.76. The molecule has 0 aliphatic carbocycles. The topological polar surface area (TPSA) is 55.0 Å². The van der Waals surface area contributed by atoms with Gasteiger partial charge in [0.1, 0.15) is 0 Å². The van der Waals surface area contributed by atoms with Gasteiger partial charge in [-0.15, -0.1) is 0 Å². The van der Waals surface area contributed by atoms with Crippen molar-refractivity contribution in [2.45, 2.75) is 3.79 Å². The molecule has 0 atom stereocenters. The number of alkyl halides is 3. The SMILES string of the molecule is COc1cc2c(C(=O)C(Cl)(Cl)Cl)c[nH]c2cn1. The predicted octanol–water partition coefficient (Wildman–Crippen LogP) is 3.12. The van der Waals surface area contributed by atoms with Crippen molar-refractivity contribution in [2.24, 2.45) is 0 Å². The van der Waals surface area contributed by atoms with Crippen LogP contribution < -0.4 is 4.74 Å². The molecule has 17 heavy (non-hydrogen) atoms. The van der Waals surface area contributed by atoms with Crippen molar-refractivity contribution < 1.29 is 9.53 Å². The number of methoxy groups -OCH3 is 1. The molecule has 0 saturated heterocycles. The van der Waals surface area contributed by atoms with Crippen molar-refractivity contribution in [3.05, 3.63) is 24.0 Å². The van der Waals surface area contributed by atoms with Gasteiger partial charge in [0.05, 0.1) is 18.8 Å². The minimum absolute atomic E-state index is 0.292. The monoisotopic (exact) mass is 292 g/mol. The summed E-state index contributed by atoms with van der Waals surface area (Å²) in [5, 5.41) is 0.605. The Bertz CT molecular complexity index is 574. The Balaban J connectivity index is 2.59. The molecule has 7 heteroatoms. The molecule has 0 aliphatic heterocycles. The van der Waals surface area contributed by atoms with Crippen molar-refractivity contribution in [2.75, 3.05) is 7.11 Å². The van der Waals surface area contributed by atoms with Gasteiger partial charge < -0.3 is 9.72 Å². The van der Waals surface area contributed by atoms with Crippen LogP contribution in [0.4, 0.5) is 0 Å². The molecule has 1 N–H and O–H groups in total. The largest absolute Gasteiger partial charge is 0.481 e. The second-order valence-corrected chi connectivity index (χ2v) is 5.58. The number of aromatic amines is 1. The standard InChI is InChI=1S/C10H7Cl3N2O2/c1-17-8-2-5-6(9(16)10(11,12)13)3-14-7(5)4-15-8/h2-4,14H,1H3. The Kier molecular flexibility index (Phi) is 3.21. The Morgan fingerprint density at radius 1 is 1.47 bits per heavy atom. The minimum Gasteiger partial charge on any atom is -0.481 e. The van der Waals surface area contributed by atoms with Gasteiger partial charge in [-0.3, -0.25) is 4.79 Å². The molecule has 2 aromatic rings. The number of Topliss-reactive ketones (excluding diaryl/α,β-unsaturated/α-hetero) is 1. The second kappa shape index (κ2) is 4.37. The number of ketones is 1. The van der Waals surface area contributed by atoms with Crippen LogP contribution in [0.1, 0.15) is 10.4 Å². The van der Waals surface area contributed by atoms with Crippen molar-refractivity contribution in [3.63, 3.8) is 0 Å². The average molecular weight is 294 g/mol. The average Bonchev–Trinajstić information content (AvgIpc) is 2.69. The fraction of sp³-hybridized carbons (Fsp3) is 0.200. The molecule has 0 amide bonds. The summed E-state index contributed by atoms with van der Waals surface area (Å²) in [5.41, 5.74) is 0.962. The van der Waals surface area contributed by atoms with E-state index in [1.807, 2.05) is 0 Å². The van der Waals surface area contributed by atoms with E-state index in [4.69, 9.17) is 39.5 Å². The molecule has 2 rings (SSSR count). The van der Waals surface area contributed by atoms with Crippen molar-refractivity contribution in [1.82, 2.24) is 9.97 Å². The van der Waals surface area contributed by atoms with Crippen LogP contribution in [0.25, 0.3) is 10.9 Å². The van der Waals surface area contributed by atoms with Crippen LogP contribution in [-0.2, 0) is 0 Å². The van der Waals surface area contributed by atoms with E-state index in [1.165, 1.54) is 13.3 Å². The number of hydrogen-bond acceptors (Lipinski definition) is 3. The van der Waals surface area contributed by atoms with Crippen molar-refractivity contribution >= 4 is 51.5 Å². The number of halogens is 3. The summed E-state index contributed by atoms with van der Waals surface area (Å²) in [7, 11) is 1.48. The van der Waals surface area contributed by atoms with Crippen molar-refractivity contribution in [1.29, 1.82) is 0 Å². The van der Waals surface area contributed by atoms with Gasteiger partial charge in [-0.1, -0.05) is 34.8 Å². The first kappa shape index (κ1) is 12.5. The quantitative estimate of drug-likeness (QED) is 0.683. The maximum absolute atomic E-state index is 11.9. The predicted molar refractivity (Wildman–Crippen MR) is 67.3 cm³/mol. The van der Waals surface area contributed by atoms with Gasteiger partial charge >= 0.3 is 0 Å². The number of fused-ring (bicyclic) bond motifs is 1. The molecule has 0 bridgehead atoms. The zero-order valence-corrected chi connectivity index (χ0v) is 10.9. The molecule has 0 unspecified atom stereocenters. The van der Waals surface area contributed by atoms with E-state index in [-0.39, 0.29) is 0 Å². The molecular formula is C10H7Cl3N2O2. The molecule has 0 aliphatic rings. The highest BCUT2D eigenvalue weighted by molar-refractivity contribution is 6.77. The van der Waals surface area contributed by atoms with Crippen LogP contribution in [0.3, 0.4) is 0 Å². The summed E-state index contributed by atoms with van der Waals surface area (Å²) in [6, 6.07) is 1.61. The van der Waals surface area contributed by atoms with E-state index >= 15 is 0 Å². The third kappa shape index (κ3) is 2.34. The molecule has 0 aromatic carbocycles. The van der Waals surface area contributed by atoms with E-state index in [1.54, 1.807) is 12.3 Å². The van der Waals surface area contributed by atoms with Crippen LogP contribution in [0, 0.1) is 0 Å². The van der Waals surface area contributed by atoms with Crippen LogP contribution >= 0.6 is 34.8 Å². The lowest BCUT2D eigenvalue weighted by Crippen LogP contribution is -2.18. The van der Waals surface area contributed by atoms with Gasteiger partial charge in [-0.25, -0.2) is 4.98 Å². The number of rotatable bonds is 2. The lowest BCUT2D eigenvalue weighted by molar-refractivity contribution is 0.0998. The van der Waals surface area contributed by atoms with E-state index in [0.717, 1.165) is 0 Å². The highest BCUT2D eigenvalue weighted by Crippen LogP contribution is 2.33. The number of pyridine rings is 1. The van der Waals surface area contributed by atoms with Gasteiger partial charge in [0.2, 0.25) is 11.7 Å². The Morgan fingerprint density at radius 2 is 2.18 bits per heavy atom. The van der Waals surface area contributed by atoms with Crippen LogP contribution in [-0.4, -0.2) is 26.7 Å². The lowest BCUT2D eigenvalue weighted by Gasteiger charge is -2.08. The number of ether oxygens (including phenoxy) is 1. The molecule has 0 radical (unpaired) electrons. The maximum Gasteiger partial charge on any atom is 0.253 e. The highest BCUT2D eigenvalue weighted by atomic mass is 35.6. The number of carbonyl (C=O) groups is 1. The van der Waals surface area contributed by atoms with Gasteiger partial charge in [0.25, 0.3) is 3.79 Å². The second-order valence-electron chi connectivity index (χ2n) is 3.30. The molecular weight excluding hydrogens is 286 g/mol. The minimum atomic E-state index is -1.98. The summed E-state index contributed by atoms with van der Waals surface area (Å²) in [5.74, 6) is -0.211. The Morgan fingerprint density at radius 3 is 2.76 bits per heavy atom. The number of aromatic nitrogens is 2. The normalized spacial score (nSPS) is 11.8. The molecule has 0 fully saturated rings. The Hall–Kier alpha value is -0.970. The van der Waals surface area contributed by atoms with Gasteiger partial charge in [0.15, 0.2) is 0 Å².